The van der Waals surface area contributed by atoms with Crippen LogP contribution in [0.15, 0.2) is 36.4 Å². The molecule has 58 heavy (non-hydrogen) atoms. The molecule has 2 aromatic heterocycles. The molecule has 11 nitrogen and oxygen atoms in total. The maximum absolute atomic E-state index is 14.8. The number of aromatic nitrogens is 3. The van der Waals surface area contributed by atoms with Crippen LogP contribution in [-0.4, -0.2) is 92.1 Å². The van der Waals surface area contributed by atoms with Crippen LogP contribution in [-0.2, 0) is 32.1 Å². The number of carbonyl (C=O) groups excluding carboxylic acids is 4. The molecule has 2 saturated heterocycles. The number of hydrogen-bond donors (Lipinski definition) is 3. The molecule has 4 aromatic rings. The molecule has 0 unspecified atom stereocenters. The van der Waals surface area contributed by atoms with Gasteiger partial charge in [-0.2, -0.15) is 0 Å². The van der Waals surface area contributed by atoms with Gasteiger partial charge in [0.2, 0.25) is 17.7 Å². The molecule has 314 valence electrons. The van der Waals surface area contributed by atoms with Crippen LogP contribution < -0.4 is 10.6 Å². The SMILES string of the molecule is CCC[C@H](NC(=O)[C@H](C)CC)C(=O)N1CCC[C@H]1Cn1c(-c2[nH]c3cc(F)ccc3c2C[C@@H]2CCCN2C(=O)[C@@H](CC(=O)[C@H](C)NC)C(C)C)nc2cc(F)ccc21. The molecule has 2 aliphatic rings. The Morgan fingerprint density at radius 1 is 0.914 bits per heavy atom. The van der Waals surface area contributed by atoms with Crippen molar-refractivity contribution in [2.24, 2.45) is 17.8 Å². The minimum atomic E-state index is -0.632. The molecule has 0 bridgehead atoms. The van der Waals surface area contributed by atoms with Crippen molar-refractivity contribution in [3.8, 4) is 11.5 Å². The van der Waals surface area contributed by atoms with E-state index in [0.29, 0.717) is 67.0 Å². The average Bonchev–Trinajstić information content (AvgIpc) is 4.01. The van der Waals surface area contributed by atoms with Crippen LogP contribution in [0.25, 0.3) is 33.5 Å². The lowest BCUT2D eigenvalue weighted by molar-refractivity contribution is -0.140. The number of rotatable bonds is 17. The molecule has 6 rings (SSSR count). The number of hydrogen-bond acceptors (Lipinski definition) is 6. The third kappa shape index (κ3) is 8.99. The number of ketones is 1. The number of Topliss-reactive ketones (excluding diaryl/α,β-unsaturated/α-hetero) is 1. The monoisotopic (exact) mass is 801 g/mol. The highest BCUT2D eigenvalue weighted by Gasteiger charge is 2.38. The Morgan fingerprint density at radius 2 is 1.59 bits per heavy atom. The maximum Gasteiger partial charge on any atom is 0.245 e. The molecule has 6 atom stereocenters. The molecule has 0 radical (unpaired) electrons. The van der Waals surface area contributed by atoms with Gasteiger partial charge in [-0.25, -0.2) is 13.8 Å². The lowest BCUT2D eigenvalue weighted by Gasteiger charge is -2.31. The van der Waals surface area contributed by atoms with Crippen LogP contribution >= 0.6 is 0 Å². The summed E-state index contributed by atoms with van der Waals surface area (Å²) in [5.74, 6) is -1.26. The summed E-state index contributed by atoms with van der Waals surface area (Å²) in [4.78, 5) is 66.8. The normalized spacial score (nSPS) is 19.3. The number of likely N-dealkylation sites (tertiary alicyclic amines) is 2. The fourth-order valence-corrected chi connectivity index (χ4v) is 8.83. The van der Waals surface area contributed by atoms with Gasteiger partial charge < -0.3 is 30.0 Å². The van der Waals surface area contributed by atoms with Crippen molar-refractivity contribution in [2.75, 3.05) is 20.1 Å². The van der Waals surface area contributed by atoms with Gasteiger partial charge in [0.15, 0.2) is 5.82 Å². The number of likely N-dealkylation sites (N-methyl/N-ethyl adjacent to an activating group) is 1. The Labute approximate surface area is 340 Å². The molecular formula is C45H61F2N7O4. The second-order valence-electron chi connectivity index (χ2n) is 16.9. The fraction of sp³-hybridized carbons (Fsp3) is 0.578. The number of fused-ring (bicyclic) bond motifs is 2. The summed E-state index contributed by atoms with van der Waals surface area (Å²) in [5.41, 5.74) is 3.24. The second-order valence-corrected chi connectivity index (χ2v) is 16.9. The Bertz CT molecular complexity index is 2130. The van der Waals surface area contributed by atoms with E-state index in [1.54, 1.807) is 19.2 Å². The van der Waals surface area contributed by atoms with Crippen molar-refractivity contribution in [2.45, 2.75) is 130 Å². The summed E-state index contributed by atoms with van der Waals surface area (Å²) in [7, 11) is 1.74. The smallest absolute Gasteiger partial charge is 0.245 e. The first kappa shape index (κ1) is 42.9. The second kappa shape index (κ2) is 18.5. The van der Waals surface area contributed by atoms with Gasteiger partial charge in [0.05, 0.1) is 22.8 Å². The topological polar surface area (TPSA) is 132 Å². The van der Waals surface area contributed by atoms with Gasteiger partial charge in [-0.15, -0.1) is 0 Å². The predicted molar refractivity (Wildman–Crippen MR) is 223 cm³/mol. The molecule has 2 aromatic carbocycles. The van der Waals surface area contributed by atoms with E-state index in [4.69, 9.17) is 4.98 Å². The first-order chi connectivity index (χ1) is 27.8. The number of aromatic amines is 1. The molecule has 13 heteroatoms. The number of imidazole rings is 1. The molecule has 3 N–H and O–H groups in total. The molecule has 4 heterocycles. The van der Waals surface area contributed by atoms with Crippen LogP contribution in [0, 0.1) is 29.4 Å². The molecule has 2 fully saturated rings. The van der Waals surface area contributed by atoms with Crippen molar-refractivity contribution in [1.29, 1.82) is 0 Å². The zero-order valence-corrected chi connectivity index (χ0v) is 35.2. The van der Waals surface area contributed by atoms with Gasteiger partial charge in [-0.05, 0) is 101 Å². The first-order valence-electron chi connectivity index (χ1n) is 21.3. The quantitative estimate of drug-likeness (QED) is 0.104. The van der Waals surface area contributed by atoms with E-state index in [0.717, 1.165) is 43.1 Å². The third-order valence-corrected chi connectivity index (χ3v) is 12.7. The minimum absolute atomic E-state index is 0.000772. The van der Waals surface area contributed by atoms with Crippen LogP contribution in [0.3, 0.4) is 0 Å². The average molecular weight is 802 g/mol. The minimum Gasteiger partial charge on any atom is -0.352 e. The van der Waals surface area contributed by atoms with E-state index in [2.05, 4.69) is 15.6 Å². The van der Waals surface area contributed by atoms with Crippen LogP contribution in [0.5, 0.6) is 0 Å². The van der Waals surface area contributed by atoms with Gasteiger partial charge in [0.1, 0.15) is 23.5 Å². The van der Waals surface area contributed by atoms with Gasteiger partial charge in [0, 0.05) is 66.9 Å². The molecule has 0 saturated carbocycles. The van der Waals surface area contributed by atoms with E-state index >= 15 is 0 Å². The van der Waals surface area contributed by atoms with Crippen molar-refractivity contribution in [3.63, 3.8) is 0 Å². The Morgan fingerprint density at radius 3 is 2.26 bits per heavy atom. The van der Waals surface area contributed by atoms with Crippen molar-refractivity contribution in [1.82, 2.24) is 35.0 Å². The number of benzene rings is 2. The molecular weight excluding hydrogens is 741 g/mol. The van der Waals surface area contributed by atoms with Crippen molar-refractivity contribution >= 4 is 45.4 Å². The van der Waals surface area contributed by atoms with Gasteiger partial charge in [0.25, 0.3) is 0 Å². The Balaban J connectivity index is 1.38. The lowest BCUT2D eigenvalue weighted by Crippen LogP contribution is -2.51. The zero-order chi connectivity index (χ0) is 41.8. The number of carbonyl (C=O) groups is 4. The van der Waals surface area contributed by atoms with E-state index < -0.39 is 23.6 Å². The van der Waals surface area contributed by atoms with E-state index in [1.807, 2.05) is 55.9 Å². The fourth-order valence-electron chi connectivity index (χ4n) is 8.83. The number of H-pyrrole nitrogens is 1. The lowest BCUT2D eigenvalue weighted by atomic mass is 9.87. The number of halogens is 2. The highest BCUT2D eigenvalue weighted by atomic mass is 19.1. The van der Waals surface area contributed by atoms with E-state index in [-0.39, 0.29) is 59.9 Å². The predicted octanol–water partition coefficient (Wildman–Crippen LogP) is 7.16. The zero-order valence-electron chi connectivity index (χ0n) is 35.2. The summed E-state index contributed by atoms with van der Waals surface area (Å²) in [5, 5.41) is 6.83. The van der Waals surface area contributed by atoms with Crippen LogP contribution in [0.1, 0.15) is 98.5 Å². The number of amides is 3. The third-order valence-electron chi connectivity index (χ3n) is 12.7. The maximum atomic E-state index is 14.8. The summed E-state index contributed by atoms with van der Waals surface area (Å²) in [6.45, 7) is 13.1. The van der Waals surface area contributed by atoms with Gasteiger partial charge >= 0.3 is 0 Å². The molecule has 0 aliphatic carbocycles. The number of nitrogens with one attached hydrogen (secondary N) is 3. The highest BCUT2D eigenvalue weighted by Crippen LogP contribution is 2.37. The van der Waals surface area contributed by atoms with E-state index in [1.165, 1.54) is 24.3 Å². The Hall–Kier alpha value is -4.65. The van der Waals surface area contributed by atoms with E-state index in [9.17, 15) is 28.0 Å². The van der Waals surface area contributed by atoms with Crippen LogP contribution in [0.2, 0.25) is 0 Å². The molecule has 2 aliphatic heterocycles. The highest BCUT2D eigenvalue weighted by molar-refractivity contribution is 5.93. The van der Waals surface area contributed by atoms with Gasteiger partial charge in [-0.1, -0.05) is 41.0 Å². The van der Waals surface area contributed by atoms with Crippen LogP contribution in [0.4, 0.5) is 8.78 Å². The number of nitrogens with zero attached hydrogens (tertiary/aromatic N) is 4. The van der Waals surface area contributed by atoms with Crippen molar-refractivity contribution in [3.05, 3.63) is 53.6 Å². The molecule has 3 amide bonds. The standard InChI is InChI=1S/C45H61F2N7O4/c1-8-12-36(51-43(56)27(5)9-2)45(58)53-20-11-14-32(53)25-54-39-18-16-30(47)22-38(39)50-42(54)41-35(33-17-15-29(46)21-37(33)49-41)23-31-13-10-19-52(31)44(57)34(26(3)4)24-40(55)28(6)48-7/h15-18,21-22,26-28,31-32,34,36,48-49H,8-14,19-20,23-25H2,1-7H3,(H,51,56)/t27-,28+,31+,32+,34+,36+/m1/s1. The first-order valence-corrected chi connectivity index (χ1v) is 21.3. The largest absolute Gasteiger partial charge is 0.352 e. The summed E-state index contributed by atoms with van der Waals surface area (Å²) < 4.78 is 31.6. The summed E-state index contributed by atoms with van der Waals surface area (Å²) >= 11 is 0. The van der Waals surface area contributed by atoms with Gasteiger partial charge in [-0.3, -0.25) is 19.2 Å². The van der Waals surface area contributed by atoms with Crippen molar-refractivity contribution < 1.29 is 28.0 Å². The Kier molecular flexibility index (Phi) is 13.7. The summed E-state index contributed by atoms with van der Waals surface area (Å²) in [6.07, 6.45) is 5.66. The summed E-state index contributed by atoms with van der Waals surface area (Å²) in [6, 6.07) is 7.76. The molecule has 0 spiro atoms.